The van der Waals surface area contributed by atoms with E-state index in [4.69, 9.17) is 30.5 Å². The van der Waals surface area contributed by atoms with Gasteiger partial charge in [0, 0.05) is 53.0 Å². The maximum atomic E-state index is 14.3. The van der Waals surface area contributed by atoms with Crippen LogP contribution in [0.25, 0.3) is 0 Å². The number of nitrogens with zero attached hydrogens (tertiary/aromatic N) is 1. The highest BCUT2D eigenvalue weighted by atomic mass is 35.5. The Morgan fingerprint density at radius 1 is 1.00 bits per heavy atom. The van der Waals surface area contributed by atoms with E-state index >= 15 is 0 Å². The van der Waals surface area contributed by atoms with E-state index in [1.807, 2.05) is 0 Å². The summed E-state index contributed by atoms with van der Waals surface area (Å²) >= 11 is 6.21. The lowest BCUT2D eigenvalue weighted by Crippen LogP contribution is -2.37. The third-order valence-electron chi connectivity index (χ3n) is 7.52. The van der Waals surface area contributed by atoms with E-state index in [2.05, 4.69) is 10.1 Å². The number of ether oxygens (including phenoxy) is 5. The van der Waals surface area contributed by atoms with Crippen LogP contribution in [0.15, 0.2) is 54.6 Å². The second-order valence-corrected chi connectivity index (χ2v) is 10.8. The van der Waals surface area contributed by atoms with Gasteiger partial charge >= 0.3 is 12.3 Å². The van der Waals surface area contributed by atoms with Gasteiger partial charge in [0.2, 0.25) is 0 Å². The minimum Gasteiger partial charge on any atom is -0.497 e. The van der Waals surface area contributed by atoms with Crippen molar-refractivity contribution in [1.82, 2.24) is 0 Å². The van der Waals surface area contributed by atoms with Gasteiger partial charge in [-0.25, -0.2) is 0 Å². The van der Waals surface area contributed by atoms with Gasteiger partial charge in [-0.3, -0.25) is 9.59 Å². The molecule has 1 aliphatic carbocycles. The molecule has 3 aromatic carbocycles. The molecule has 1 amide bonds. The number of anilines is 2. The minimum absolute atomic E-state index is 0.0270. The third-order valence-corrected chi connectivity index (χ3v) is 7.76. The number of benzene rings is 3. The molecule has 0 aromatic heterocycles. The molecule has 1 fully saturated rings. The van der Waals surface area contributed by atoms with Crippen molar-refractivity contribution in [1.29, 1.82) is 0 Å². The molecule has 234 valence electrons. The van der Waals surface area contributed by atoms with Crippen molar-refractivity contribution in [2.24, 2.45) is 11.8 Å². The maximum Gasteiger partial charge on any atom is 0.573 e. The van der Waals surface area contributed by atoms with Gasteiger partial charge in [-0.2, -0.15) is 0 Å². The van der Waals surface area contributed by atoms with Gasteiger partial charge in [0.1, 0.15) is 29.0 Å². The van der Waals surface area contributed by atoms with E-state index in [9.17, 15) is 22.8 Å². The molecule has 3 aromatic rings. The van der Waals surface area contributed by atoms with E-state index in [0.29, 0.717) is 57.6 Å². The normalized spacial score (nSPS) is 17.8. The number of alkyl halides is 3. The summed E-state index contributed by atoms with van der Waals surface area (Å²) in [5.74, 6) is -0.101. The van der Waals surface area contributed by atoms with E-state index in [1.165, 1.54) is 44.4 Å². The zero-order chi connectivity index (χ0) is 31.6. The van der Waals surface area contributed by atoms with Crippen molar-refractivity contribution in [2.45, 2.75) is 25.2 Å². The second kappa shape index (κ2) is 12.7. The first-order valence-corrected chi connectivity index (χ1v) is 14.1. The van der Waals surface area contributed by atoms with Crippen molar-refractivity contribution in [3.8, 4) is 23.0 Å². The highest BCUT2D eigenvalue weighted by Gasteiger charge is 2.44. The van der Waals surface area contributed by atoms with Crippen LogP contribution in [0.4, 0.5) is 24.5 Å². The van der Waals surface area contributed by atoms with Crippen LogP contribution in [0.5, 0.6) is 23.0 Å². The Bertz CT molecular complexity index is 1550. The van der Waals surface area contributed by atoms with Gasteiger partial charge in [0.15, 0.2) is 0 Å². The third kappa shape index (κ3) is 7.07. The zero-order valence-electron chi connectivity index (χ0n) is 24.1. The molecule has 1 N–H and O–H groups in total. The van der Waals surface area contributed by atoms with Gasteiger partial charge in [0.05, 0.1) is 39.5 Å². The zero-order valence-corrected chi connectivity index (χ0v) is 24.8. The van der Waals surface area contributed by atoms with Crippen molar-refractivity contribution < 1.29 is 46.4 Å². The van der Waals surface area contributed by atoms with Crippen molar-refractivity contribution >= 4 is 34.9 Å². The lowest BCUT2D eigenvalue weighted by molar-refractivity contribution is -0.274. The number of fused-ring (bicyclic) bond motifs is 1. The van der Waals surface area contributed by atoms with E-state index in [-0.39, 0.29) is 31.0 Å². The molecule has 0 bridgehead atoms. The summed E-state index contributed by atoms with van der Waals surface area (Å²) in [5.41, 5.74) is 1.93. The number of rotatable bonds is 11. The van der Waals surface area contributed by atoms with Gasteiger partial charge < -0.3 is 33.9 Å². The summed E-state index contributed by atoms with van der Waals surface area (Å²) in [7, 11) is 4.28. The van der Waals surface area contributed by atoms with E-state index < -0.39 is 24.1 Å². The number of hydrogen-bond donors (Lipinski definition) is 1. The monoisotopic (exact) mass is 634 g/mol. The molecule has 2 aliphatic rings. The molecule has 9 nitrogen and oxygen atoms in total. The van der Waals surface area contributed by atoms with Crippen LogP contribution in [0.2, 0.25) is 5.02 Å². The number of methoxy groups -OCH3 is 3. The van der Waals surface area contributed by atoms with Crippen molar-refractivity contribution in [2.75, 3.05) is 44.7 Å². The predicted octanol–water partition coefficient (Wildman–Crippen LogP) is 6.19. The maximum absolute atomic E-state index is 14.3. The molecule has 0 spiro atoms. The second-order valence-electron chi connectivity index (χ2n) is 10.4. The van der Waals surface area contributed by atoms with Gasteiger partial charge in [-0.1, -0.05) is 23.7 Å². The highest BCUT2D eigenvalue weighted by molar-refractivity contribution is 6.30. The Kier molecular flexibility index (Phi) is 9.00. The largest absolute Gasteiger partial charge is 0.573 e. The first-order valence-electron chi connectivity index (χ1n) is 13.7. The summed E-state index contributed by atoms with van der Waals surface area (Å²) < 4.78 is 64.7. The summed E-state index contributed by atoms with van der Waals surface area (Å²) in [6, 6.07) is 12.8. The van der Waals surface area contributed by atoms with Crippen LogP contribution in [-0.4, -0.2) is 52.7 Å². The molecule has 1 saturated carbocycles. The van der Waals surface area contributed by atoms with Gasteiger partial charge in [-0.05, 0) is 36.6 Å². The first kappa shape index (κ1) is 31.1. The van der Waals surface area contributed by atoms with Gasteiger partial charge in [-0.15, -0.1) is 13.2 Å². The molecular weight excluding hydrogens is 605 g/mol. The molecule has 44 heavy (non-hydrogen) atoms. The Morgan fingerprint density at radius 2 is 1.77 bits per heavy atom. The van der Waals surface area contributed by atoms with Crippen molar-refractivity contribution in [3.05, 3.63) is 70.7 Å². The van der Waals surface area contributed by atoms with E-state index in [1.54, 1.807) is 36.4 Å². The summed E-state index contributed by atoms with van der Waals surface area (Å²) in [6.45, 7) is 0.527. The van der Waals surface area contributed by atoms with Crippen LogP contribution < -0.4 is 29.2 Å². The Morgan fingerprint density at radius 3 is 2.48 bits per heavy atom. The van der Waals surface area contributed by atoms with Crippen LogP contribution in [-0.2, 0) is 20.7 Å². The molecular formula is C31H30ClF3N2O7. The quantitative estimate of drug-likeness (QED) is 0.250. The fourth-order valence-corrected chi connectivity index (χ4v) is 5.40. The van der Waals surface area contributed by atoms with Crippen LogP contribution in [0.3, 0.4) is 0 Å². The van der Waals surface area contributed by atoms with E-state index in [0.717, 1.165) is 0 Å². The van der Waals surface area contributed by atoms with Gasteiger partial charge in [0.25, 0.3) is 5.91 Å². The number of nitrogens with one attached hydrogen (secondary N) is 1. The molecule has 13 heteroatoms. The number of esters is 1. The van der Waals surface area contributed by atoms with Crippen LogP contribution >= 0.6 is 11.6 Å². The number of carbonyl (C=O) groups excluding carboxylic acids is 2. The molecule has 1 aliphatic heterocycles. The molecule has 1 heterocycles. The number of amides is 1. The number of hydrogen-bond acceptors (Lipinski definition) is 8. The Labute approximate surface area is 256 Å². The molecule has 0 radical (unpaired) electrons. The molecule has 5 rings (SSSR count). The molecule has 0 saturated heterocycles. The topological polar surface area (TPSA) is 95.6 Å². The van der Waals surface area contributed by atoms with Crippen LogP contribution in [0, 0.1) is 11.8 Å². The fourth-order valence-electron chi connectivity index (χ4n) is 5.23. The number of carbonyl (C=O) groups is 2. The Hall–Kier alpha value is -4.32. The summed E-state index contributed by atoms with van der Waals surface area (Å²) in [6.07, 6.45) is -3.77. The summed E-state index contributed by atoms with van der Waals surface area (Å²) in [4.78, 5) is 27.5. The smallest absolute Gasteiger partial charge is 0.497 e. The standard InChI is InChI=1S/C31H30ClF3N2O7/c1-40-22-12-20(13-23(14-22)43-16-18-10-25(18)30(39)42-3)36-28(24-7-5-19(32)11-27(24)41-2)29(38)37-9-8-17-4-6-21(15-26(17)37)44-31(33,34)35/h4-7,11-15,18,25,28,36H,8-10,16H2,1-3H3/t18-,25+,28?/m1/s1. The average Bonchev–Trinajstić information content (AvgIpc) is 3.66. The highest BCUT2D eigenvalue weighted by Crippen LogP contribution is 2.41. The minimum atomic E-state index is -4.88. The Balaban J connectivity index is 1.46. The molecule has 1 unspecified atom stereocenters. The SMILES string of the molecule is COC(=O)[C@H]1C[C@@H]1COc1cc(NC(C(=O)N2CCc3ccc(OC(F)(F)F)cc32)c2ccc(Cl)cc2OC)cc(OC)c1. The summed E-state index contributed by atoms with van der Waals surface area (Å²) in [5, 5.41) is 3.63. The molecule has 3 atom stereocenters. The fraction of sp³-hybridized carbons (Fsp3) is 0.355. The van der Waals surface area contributed by atoms with Crippen molar-refractivity contribution in [3.63, 3.8) is 0 Å². The lowest BCUT2D eigenvalue weighted by atomic mass is 10.0. The first-order chi connectivity index (χ1) is 21.0. The average molecular weight is 635 g/mol. The predicted molar refractivity (Wildman–Crippen MR) is 156 cm³/mol. The number of halogens is 4. The lowest BCUT2D eigenvalue weighted by Gasteiger charge is -2.27. The van der Waals surface area contributed by atoms with Crippen LogP contribution in [0.1, 0.15) is 23.6 Å².